The second-order valence-electron chi connectivity index (χ2n) is 4.21. The number of ether oxygens (including phenoxy) is 1. The number of phenols is 1. The van der Waals surface area contributed by atoms with Gasteiger partial charge in [0.2, 0.25) is 5.91 Å². The first-order valence-corrected chi connectivity index (χ1v) is 6.39. The first-order chi connectivity index (χ1) is 9.56. The Morgan fingerprint density at radius 1 is 1.35 bits per heavy atom. The highest BCUT2D eigenvalue weighted by atomic mass is 16.5. The SMILES string of the molecule is C=CCN(CC(=O)OCC)C(=O)Cc1ccc(O)cc1. The standard InChI is InChI=1S/C15H19NO4/c1-3-9-16(11-15(19)20-4-2)14(18)10-12-5-7-13(17)8-6-12/h3,5-8,17H,1,4,9-11H2,2H3. The predicted octanol–water partition coefficient (Wildman–Crippen LogP) is 1.51. The van der Waals surface area contributed by atoms with Crippen molar-refractivity contribution in [2.75, 3.05) is 19.7 Å². The summed E-state index contributed by atoms with van der Waals surface area (Å²) < 4.78 is 4.83. The van der Waals surface area contributed by atoms with E-state index in [4.69, 9.17) is 4.74 Å². The van der Waals surface area contributed by atoms with Crippen LogP contribution in [-0.2, 0) is 20.7 Å². The zero-order valence-electron chi connectivity index (χ0n) is 11.5. The van der Waals surface area contributed by atoms with Crippen LogP contribution in [0.15, 0.2) is 36.9 Å². The molecule has 1 amide bonds. The van der Waals surface area contributed by atoms with Crippen LogP contribution in [0.3, 0.4) is 0 Å². The molecule has 0 atom stereocenters. The molecule has 0 bridgehead atoms. The minimum Gasteiger partial charge on any atom is -0.508 e. The summed E-state index contributed by atoms with van der Waals surface area (Å²) in [4.78, 5) is 25.0. The topological polar surface area (TPSA) is 66.8 Å². The van der Waals surface area contributed by atoms with Crippen LogP contribution in [-0.4, -0.2) is 41.6 Å². The van der Waals surface area contributed by atoms with Gasteiger partial charge in [0.05, 0.1) is 13.0 Å². The highest BCUT2D eigenvalue weighted by Crippen LogP contribution is 2.11. The van der Waals surface area contributed by atoms with Crippen LogP contribution in [0.2, 0.25) is 0 Å². The van der Waals surface area contributed by atoms with E-state index in [1.54, 1.807) is 25.1 Å². The Morgan fingerprint density at radius 3 is 2.55 bits per heavy atom. The molecule has 0 radical (unpaired) electrons. The third-order valence-electron chi connectivity index (χ3n) is 2.62. The second kappa shape index (κ2) is 7.99. The van der Waals surface area contributed by atoms with E-state index in [1.165, 1.54) is 17.0 Å². The Kier molecular flexibility index (Phi) is 6.29. The smallest absolute Gasteiger partial charge is 0.325 e. The first-order valence-electron chi connectivity index (χ1n) is 6.39. The van der Waals surface area contributed by atoms with Gasteiger partial charge in [-0.3, -0.25) is 9.59 Å². The van der Waals surface area contributed by atoms with Crippen LogP contribution >= 0.6 is 0 Å². The largest absolute Gasteiger partial charge is 0.508 e. The summed E-state index contributed by atoms with van der Waals surface area (Å²) in [7, 11) is 0. The van der Waals surface area contributed by atoms with Crippen LogP contribution in [0.5, 0.6) is 5.75 Å². The third kappa shape index (κ3) is 5.14. The number of esters is 1. The fraction of sp³-hybridized carbons (Fsp3) is 0.333. The third-order valence-corrected chi connectivity index (χ3v) is 2.62. The normalized spacial score (nSPS) is 9.85. The van der Waals surface area contributed by atoms with Crippen molar-refractivity contribution in [2.45, 2.75) is 13.3 Å². The molecule has 1 rings (SSSR count). The lowest BCUT2D eigenvalue weighted by atomic mass is 10.1. The van der Waals surface area contributed by atoms with E-state index < -0.39 is 5.97 Å². The average Bonchev–Trinajstić information content (AvgIpc) is 2.41. The molecule has 0 heterocycles. The number of hydrogen-bond donors (Lipinski definition) is 1. The molecule has 0 aliphatic carbocycles. The van der Waals surface area contributed by atoms with E-state index in [2.05, 4.69) is 6.58 Å². The lowest BCUT2D eigenvalue weighted by molar-refractivity contribution is -0.148. The van der Waals surface area contributed by atoms with Crippen molar-refractivity contribution < 1.29 is 19.4 Å². The molecule has 0 fully saturated rings. The molecule has 0 aliphatic heterocycles. The number of carbonyl (C=O) groups excluding carboxylic acids is 2. The van der Waals surface area contributed by atoms with Crippen molar-refractivity contribution in [1.82, 2.24) is 4.90 Å². The number of nitrogens with zero attached hydrogens (tertiary/aromatic N) is 1. The number of amides is 1. The summed E-state index contributed by atoms with van der Waals surface area (Å²) in [5.74, 6) is -0.479. The molecular weight excluding hydrogens is 258 g/mol. The number of hydrogen-bond acceptors (Lipinski definition) is 4. The molecule has 1 aromatic carbocycles. The molecule has 0 aromatic heterocycles. The number of benzene rings is 1. The molecule has 0 aliphatic rings. The number of rotatable bonds is 7. The number of carbonyl (C=O) groups is 2. The molecule has 0 spiro atoms. The van der Waals surface area contributed by atoms with Crippen molar-refractivity contribution in [3.8, 4) is 5.75 Å². The predicted molar refractivity (Wildman–Crippen MR) is 75.2 cm³/mol. The quantitative estimate of drug-likeness (QED) is 0.606. The zero-order valence-corrected chi connectivity index (χ0v) is 11.5. The second-order valence-corrected chi connectivity index (χ2v) is 4.21. The van der Waals surface area contributed by atoms with Gasteiger partial charge in [-0.2, -0.15) is 0 Å². The van der Waals surface area contributed by atoms with Gasteiger partial charge in [-0.1, -0.05) is 18.2 Å². The van der Waals surface area contributed by atoms with Crippen molar-refractivity contribution in [3.05, 3.63) is 42.5 Å². The van der Waals surface area contributed by atoms with E-state index in [-0.39, 0.29) is 37.8 Å². The molecule has 5 nitrogen and oxygen atoms in total. The van der Waals surface area contributed by atoms with E-state index in [9.17, 15) is 14.7 Å². The van der Waals surface area contributed by atoms with Crippen molar-refractivity contribution >= 4 is 11.9 Å². The molecule has 1 N–H and O–H groups in total. The molecular formula is C15H19NO4. The van der Waals surface area contributed by atoms with Crippen LogP contribution in [0.25, 0.3) is 0 Å². The molecule has 0 saturated heterocycles. The maximum atomic E-state index is 12.1. The van der Waals surface area contributed by atoms with Crippen LogP contribution in [0, 0.1) is 0 Å². The highest BCUT2D eigenvalue weighted by molar-refractivity contribution is 5.83. The molecule has 5 heteroatoms. The molecule has 0 unspecified atom stereocenters. The van der Waals surface area contributed by atoms with Gasteiger partial charge >= 0.3 is 5.97 Å². The summed E-state index contributed by atoms with van der Waals surface area (Å²) in [5.41, 5.74) is 0.769. The molecule has 20 heavy (non-hydrogen) atoms. The summed E-state index contributed by atoms with van der Waals surface area (Å²) >= 11 is 0. The van der Waals surface area contributed by atoms with Gasteiger partial charge < -0.3 is 14.7 Å². The van der Waals surface area contributed by atoms with Gasteiger partial charge in [0.1, 0.15) is 12.3 Å². The fourth-order valence-corrected chi connectivity index (χ4v) is 1.67. The Hall–Kier alpha value is -2.30. The van der Waals surface area contributed by atoms with Crippen molar-refractivity contribution in [3.63, 3.8) is 0 Å². The van der Waals surface area contributed by atoms with Gasteiger partial charge in [0, 0.05) is 6.54 Å². The van der Waals surface area contributed by atoms with E-state index in [1.807, 2.05) is 0 Å². The van der Waals surface area contributed by atoms with E-state index in [0.29, 0.717) is 0 Å². The fourth-order valence-electron chi connectivity index (χ4n) is 1.67. The summed E-state index contributed by atoms with van der Waals surface area (Å²) in [5, 5.41) is 9.19. The minimum atomic E-state index is -0.437. The van der Waals surface area contributed by atoms with Crippen LogP contribution in [0.1, 0.15) is 12.5 Å². The van der Waals surface area contributed by atoms with Gasteiger partial charge in [-0.05, 0) is 24.6 Å². The zero-order chi connectivity index (χ0) is 15.0. The first kappa shape index (κ1) is 15.8. The van der Waals surface area contributed by atoms with E-state index in [0.717, 1.165) is 5.56 Å². The lowest BCUT2D eigenvalue weighted by Gasteiger charge is -2.20. The van der Waals surface area contributed by atoms with E-state index >= 15 is 0 Å². The Balaban J connectivity index is 2.65. The summed E-state index contributed by atoms with van der Waals surface area (Å²) in [6.07, 6.45) is 1.72. The van der Waals surface area contributed by atoms with Gasteiger partial charge in [0.25, 0.3) is 0 Å². The number of aromatic hydroxyl groups is 1. The maximum Gasteiger partial charge on any atom is 0.325 e. The van der Waals surface area contributed by atoms with Gasteiger partial charge in [0.15, 0.2) is 0 Å². The Bertz CT molecular complexity index is 467. The molecule has 1 aromatic rings. The molecule has 0 saturated carbocycles. The summed E-state index contributed by atoms with van der Waals surface area (Å²) in [6, 6.07) is 6.38. The Morgan fingerprint density at radius 2 is 2.00 bits per heavy atom. The van der Waals surface area contributed by atoms with Gasteiger partial charge in [-0.25, -0.2) is 0 Å². The highest BCUT2D eigenvalue weighted by Gasteiger charge is 2.17. The van der Waals surface area contributed by atoms with Crippen molar-refractivity contribution in [2.24, 2.45) is 0 Å². The van der Waals surface area contributed by atoms with Crippen molar-refractivity contribution in [1.29, 1.82) is 0 Å². The lowest BCUT2D eigenvalue weighted by Crippen LogP contribution is -2.37. The minimum absolute atomic E-state index is 0.0865. The maximum absolute atomic E-state index is 12.1. The van der Waals surface area contributed by atoms with Gasteiger partial charge in [-0.15, -0.1) is 6.58 Å². The molecule has 108 valence electrons. The average molecular weight is 277 g/mol. The Labute approximate surface area is 118 Å². The number of phenolic OH excluding ortho intramolecular Hbond substituents is 1. The monoisotopic (exact) mass is 277 g/mol. The van der Waals surface area contributed by atoms with Crippen LogP contribution in [0.4, 0.5) is 0 Å². The van der Waals surface area contributed by atoms with Crippen LogP contribution < -0.4 is 0 Å². The summed E-state index contributed by atoms with van der Waals surface area (Å²) in [6.45, 7) is 5.78.